The van der Waals surface area contributed by atoms with Crippen LogP contribution in [0.5, 0.6) is 11.5 Å². The number of carbonyl (C=O) groups excluding carboxylic acids is 1. The van der Waals surface area contributed by atoms with E-state index in [0.29, 0.717) is 12.2 Å². The summed E-state index contributed by atoms with van der Waals surface area (Å²) >= 11 is 0. The van der Waals surface area contributed by atoms with Crippen LogP contribution in [0.2, 0.25) is 0 Å². The zero-order valence-electron chi connectivity index (χ0n) is 19.3. The monoisotopic (exact) mass is 445 g/mol. The maximum atomic E-state index is 11.3. The van der Waals surface area contributed by atoms with Crippen LogP contribution in [-0.4, -0.2) is 50.7 Å². The first-order valence-electron chi connectivity index (χ1n) is 11.3. The molecule has 3 aromatic rings. The molecule has 4 rings (SSSR count). The number of hydrogen-bond donors (Lipinski definition) is 1. The molecule has 1 aliphatic heterocycles. The SMILES string of the molecule is CCOc1cccc(-c2ccc(CN3CCN(c4ccc(C(N)=O)cc4)CC3)c(OC)c2)c1. The molecule has 1 fully saturated rings. The van der Waals surface area contributed by atoms with E-state index in [0.717, 1.165) is 61.0 Å². The number of primary amides is 1. The van der Waals surface area contributed by atoms with Crippen molar-refractivity contribution in [1.82, 2.24) is 4.90 Å². The Hall–Kier alpha value is -3.51. The first kappa shape index (κ1) is 22.7. The van der Waals surface area contributed by atoms with Gasteiger partial charge < -0.3 is 20.1 Å². The highest BCUT2D eigenvalue weighted by Crippen LogP contribution is 2.30. The van der Waals surface area contributed by atoms with Crippen molar-refractivity contribution in [3.8, 4) is 22.6 Å². The van der Waals surface area contributed by atoms with Crippen LogP contribution in [0.4, 0.5) is 5.69 Å². The van der Waals surface area contributed by atoms with Crippen molar-refractivity contribution < 1.29 is 14.3 Å². The van der Waals surface area contributed by atoms with Gasteiger partial charge in [0.2, 0.25) is 5.91 Å². The standard InChI is InChI=1S/C27H31N3O3/c1-3-33-25-6-4-5-21(17-25)22-7-8-23(26(18-22)32-2)19-29-13-15-30(16-14-29)24-11-9-20(10-12-24)27(28)31/h4-12,17-18H,3,13-16,19H2,1-2H3,(H2,28,31). The van der Waals surface area contributed by atoms with Crippen molar-refractivity contribution in [1.29, 1.82) is 0 Å². The van der Waals surface area contributed by atoms with E-state index in [1.807, 2.05) is 31.2 Å². The number of hydrogen-bond acceptors (Lipinski definition) is 5. The average Bonchev–Trinajstić information content (AvgIpc) is 2.85. The van der Waals surface area contributed by atoms with E-state index in [-0.39, 0.29) is 0 Å². The maximum Gasteiger partial charge on any atom is 0.248 e. The lowest BCUT2D eigenvalue weighted by Crippen LogP contribution is -2.46. The molecule has 0 atom stereocenters. The predicted molar refractivity (Wildman–Crippen MR) is 132 cm³/mol. The Balaban J connectivity index is 1.40. The molecule has 172 valence electrons. The van der Waals surface area contributed by atoms with E-state index in [4.69, 9.17) is 15.2 Å². The highest BCUT2D eigenvalue weighted by Gasteiger charge is 2.19. The number of nitrogens with zero attached hydrogens (tertiary/aromatic N) is 2. The van der Waals surface area contributed by atoms with E-state index < -0.39 is 5.91 Å². The van der Waals surface area contributed by atoms with Crippen LogP contribution in [0.1, 0.15) is 22.8 Å². The number of piperazine rings is 1. The zero-order valence-corrected chi connectivity index (χ0v) is 19.3. The summed E-state index contributed by atoms with van der Waals surface area (Å²) in [6, 6.07) is 22.1. The van der Waals surface area contributed by atoms with Gasteiger partial charge in [-0.1, -0.05) is 24.3 Å². The predicted octanol–water partition coefficient (Wildman–Crippen LogP) is 4.18. The molecule has 1 amide bonds. The van der Waals surface area contributed by atoms with Crippen molar-refractivity contribution in [3.63, 3.8) is 0 Å². The molecular formula is C27H31N3O3. The maximum absolute atomic E-state index is 11.3. The topological polar surface area (TPSA) is 68.0 Å². The normalized spacial score (nSPS) is 14.2. The molecule has 0 saturated carbocycles. The smallest absolute Gasteiger partial charge is 0.248 e. The van der Waals surface area contributed by atoms with Gasteiger partial charge in [0.05, 0.1) is 13.7 Å². The zero-order chi connectivity index (χ0) is 23.2. The summed E-state index contributed by atoms with van der Waals surface area (Å²) in [6.07, 6.45) is 0. The third kappa shape index (κ3) is 5.46. The minimum atomic E-state index is -0.395. The van der Waals surface area contributed by atoms with Gasteiger partial charge in [0, 0.05) is 49.5 Å². The first-order chi connectivity index (χ1) is 16.1. The largest absolute Gasteiger partial charge is 0.496 e. The third-order valence-electron chi connectivity index (χ3n) is 6.05. The summed E-state index contributed by atoms with van der Waals surface area (Å²) in [6.45, 7) is 7.26. The number of rotatable bonds is 8. The minimum absolute atomic E-state index is 0.395. The Morgan fingerprint density at radius 2 is 1.67 bits per heavy atom. The summed E-state index contributed by atoms with van der Waals surface area (Å²) in [5, 5.41) is 0. The van der Waals surface area contributed by atoms with Gasteiger partial charge in [-0.2, -0.15) is 0 Å². The number of methoxy groups -OCH3 is 1. The third-order valence-corrected chi connectivity index (χ3v) is 6.05. The molecule has 0 radical (unpaired) electrons. The van der Waals surface area contributed by atoms with Crippen LogP contribution >= 0.6 is 0 Å². The Morgan fingerprint density at radius 1 is 0.939 bits per heavy atom. The van der Waals surface area contributed by atoms with Crippen molar-refractivity contribution in [3.05, 3.63) is 77.9 Å². The fraction of sp³-hybridized carbons (Fsp3) is 0.296. The number of benzene rings is 3. The van der Waals surface area contributed by atoms with Gasteiger partial charge in [0.1, 0.15) is 11.5 Å². The van der Waals surface area contributed by atoms with Crippen molar-refractivity contribution in [2.75, 3.05) is 44.8 Å². The molecule has 3 aromatic carbocycles. The van der Waals surface area contributed by atoms with Gasteiger partial charge in [-0.25, -0.2) is 0 Å². The van der Waals surface area contributed by atoms with Gasteiger partial charge in [-0.05, 0) is 60.5 Å². The van der Waals surface area contributed by atoms with E-state index in [2.05, 4.69) is 40.1 Å². The summed E-state index contributed by atoms with van der Waals surface area (Å²) in [5.41, 5.74) is 10.4. The quantitative estimate of drug-likeness (QED) is 0.563. The molecule has 0 aromatic heterocycles. The van der Waals surface area contributed by atoms with Crippen LogP contribution in [0.15, 0.2) is 66.7 Å². The van der Waals surface area contributed by atoms with Crippen molar-refractivity contribution >= 4 is 11.6 Å². The molecular weight excluding hydrogens is 414 g/mol. The highest BCUT2D eigenvalue weighted by atomic mass is 16.5. The van der Waals surface area contributed by atoms with Crippen molar-refractivity contribution in [2.24, 2.45) is 5.73 Å². The van der Waals surface area contributed by atoms with Crippen LogP contribution in [0, 0.1) is 0 Å². The number of anilines is 1. The average molecular weight is 446 g/mol. The Labute approximate surface area is 195 Å². The van der Waals surface area contributed by atoms with Gasteiger partial charge >= 0.3 is 0 Å². The van der Waals surface area contributed by atoms with E-state index >= 15 is 0 Å². The minimum Gasteiger partial charge on any atom is -0.496 e. The van der Waals surface area contributed by atoms with Crippen LogP contribution < -0.4 is 20.1 Å². The molecule has 0 unspecified atom stereocenters. The molecule has 0 bridgehead atoms. The summed E-state index contributed by atoms with van der Waals surface area (Å²) in [4.78, 5) is 16.1. The fourth-order valence-corrected chi connectivity index (χ4v) is 4.23. The van der Waals surface area contributed by atoms with Gasteiger partial charge in [-0.15, -0.1) is 0 Å². The van der Waals surface area contributed by atoms with Crippen molar-refractivity contribution in [2.45, 2.75) is 13.5 Å². The lowest BCUT2D eigenvalue weighted by molar-refractivity contribution is 0.100. The molecule has 0 spiro atoms. The number of nitrogens with two attached hydrogens (primary N) is 1. The van der Waals surface area contributed by atoms with E-state index in [9.17, 15) is 4.79 Å². The molecule has 6 heteroatoms. The van der Waals surface area contributed by atoms with Gasteiger partial charge in [0.15, 0.2) is 0 Å². The highest BCUT2D eigenvalue weighted by molar-refractivity contribution is 5.93. The molecule has 1 aliphatic rings. The van der Waals surface area contributed by atoms with Crippen LogP contribution in [-0.2, 0) is 6.54 Å². The summed E-state index contributed by atoms with van der Waals surface area (Å²) in [7, 11) is 1.73. The Kier molecular flexibility index (Phi) is 7.15. The van der Waals surface area contributed by atoms with Gasteiger partial charge in [0.25, 0.3) is 0 Å². The lowest BCUT2D eigenvalue weighted by Gasteiger charge is -2.36. The Morgan fingerprint density at radius 3 is 2.33 bits per heavy atom. The molecule has 33 heavy (non-hydrogen) atoms. The number of carbonyl (C=O) groups is 1. The Bertz CT molecular complexity index is 1090. The molecule has 0 aliphatic carbocycles. The number of amides is 1. The second-order valence-electron chi connectivity index (χ2n) is 8.16. The molecule has 1 saturated heterocycles. The van der Waals surface area contributed by atoms with Crippen LogP contribution in [0.3, 0.4) is 0 Å². The lowest BCUT2D eigenvalue weighted by atomic mass is 10.0. The van der Waals surface area contributed by atoms with E-state index in [1.54, 1.807) is 19.2 Å². The summed E-state index contributed by atoms with van der Waals surface area (Å²) in [5.74, 6) is 1.38. The first-order valence-corrected chi connectivity index (χ1v) is 11.3. The number of ether oxygens (including phenoxy) is 2. The summed E-state index contributed by atoms with van der Waals surface area (Å²) < 4.78 is 11.4. The van der Waals surface area contributed by atoms with Crippen LogP contribution in [0.25, 0.3) is 11.1 Å². The molecule has 1 heterocycles. The van der Waals surface area contributed by atoms with E-state index in [1.165, 1.54) is 5.56 Å². The second kappa shape index (κ2) is 10.4. The fourth-order valence-electron chi connectivity index (χ4n) is 4.23. The molecule has 2 N–H and O–H groups in total. The second-order valence-corrected chi connectivity index (χ2v) is 8.16. The van der Waals surface area contributed by atoms with Gasteiger partial charge in [-0.3, -0.25) is 9.69 Å². The molecule has 6 nitrogen and oxygen atoms in total.